The third-order valence-electron chi connectivity index (χ3n) is 5.87. The molecule has 0 saturated carbocycles. The van der Waals surface area contributed by atoms with Crippen molar-refractivity contribution < 1.29 is 28.6 Å². The maximum absolute atomic E-state index is 13.4. The van der Waals surface area contributed by atoms with Crippen molar-refractivity contribution in [2.24, 2.45) is 0 Å². The van der Waals surface area contributed by atoms with E-state index in [0.717, 1.165) is 0 Å². The van der Waals surface area contributed by atoms with Crippen molar-refractivity contribution >= 4 is 17.8 Å². The van der Waals surface area contributed by atoms with E-state index in [9.17, 15) is 14.4 Å². The second-order valence-corrected chi connectivity index (χ2v) is 7.54. The smallest absolute Gasteiger partial charge is 0.322 e. The summed E-state index contributed by atoms with van der Waals surface area (Å²) in [5, 5.41) is 2.88. The number of benzene rings is 1. The van der Waals surface area contributed by atoms with Crippen LogP contribution in [0.4, 0.5) is 4.79 Å². The van der Waals surface area contributed by atoms with Crippen molar-refractivity contribution in [3.05, 3.63) is 35.0 Å². The molecule has 0 spiro atoms. The van der Waals surface area contributed by atoms with Crippen LogP contribution < -0.4 is 14.8 Å². The summed E-state index contributed by atoms with van der Waals surface area (Å²) in [5.41, 5.74) is 1.63. The number of carbonyl (C=O) groups is 3. The highest BCUT2D eigenvalue weighted by molar-refractivity contribution is 6.03. The Morgan fingerprint density at radius 2 is 1.94 bits per heavy atom. The Morgan fingerprint density at radius 3 is 2.61 bits per heavy atom. The molecule has 1 saturated heterocycles. The van der Waals surface area contributed by atoms with Crippen molar-refractivity contribution in [2.45, 2.75) is 6.04 Å². The molecule has 0 radical (unpaired) electrons. The van der Waals surface area contributed by atoms with Gasteiger partial charge in [0.15, 0.2) is 11.5 Å². The number of urea groups is 1. The average molecular weight is 430 g/mol. The molecule has 10 nitrogen and oxygen atoms in total. The number of morpholine rings is 1. The second-order valence-electron chi connectivity index (χ2n) is 7.54. The summed E-state index contributed by atoms with van der Waals surface area (Å²) >= 11 is 0. The minimum atomic E-state index is -0.709. The fraction of sp³-hybridized carbons (Fsp3) is 0.476. The minimum absolute atomic E-state index is 0.0458. The number of rotatable bonds is 5. The zero-order valence-corrected chi connectivity index (χ0v) is 17.8. The molecule has 31 heavy (non-hydrogen) atoms. The molecule has 0 bridgehead atoms. The van der Waals surface area contributed by atoms with Gasteiger partial charge in [0.05, 0.1) is 51.3 Å². The molecule has 3 aliphatic rings. The van der Waals surface area contributed by atoms with Crippen LogP contribution in [0.3, 0.4) is 0 Å². The maximum atomic E-state index is 13.4. The van der Waals surface area contributed by atoms with Gasteiger partial charge in [-0.2, -0.15) is 0 Å². The van der Waals surface area contributed by atoms with Gasteiger partial charge < -0.3 is 29.3 Å². The number of likely N-dealkylation sites (N-methyl/N-ethyl adjacent to an activating group) is 1. The lowest BCUT2D eigenvalue weighted by Crippen LogP contribution is -2.46. The summed E-state index contributed by atoms with van der Waals surface area (Å²) in [5.74, 6) is 0.537. The van der Waals surface area contributed by atoms with Crippen LogP contribution in [-0.2, 0) is 14.3 Å². The number of ether oxygens (including phenoxy) is 3. The summed E-state index contributed by atoms with van der Waals surface area (Å²) < 4.78 is 16.2. The standard InChI is InChI=1S/C21H26N4O6/c1-23-14-11-25(12-16(26)24-7-9-31-10-8-24)20(27)17(14)18(22-21(23)28)13-5-4-6-15(29-2)19(13)30-3/h4-6,18H,7-12H2,1-3H3,(H,22,28)/t18-/m1/s1. The lowest BCUT2D eigenvalue weighted by Gasteiger charge is -2.31. The Kier molecular flexibility index (Phi) is 5.73. The van der Waals surface area contributed by atoms with E-state index in [1.54, 1.807) is 30.1 Å². The first kappa shape index (κ1) is 21.0. The number of hydrogen-bond donors (Lipinski definition) is 1. The molecular formula is C21H26N4O6. The fourth-order valence-corrected chi connectivity index (χ4v) is 4.20. The quantitative estimate of drug-likeness (QED) is 0.724. The summed E-state index contributed by atoms with van der Waals surface area (Å²) in [4.78, 5) is 43.3. The van der Waals surface area contributed by atoms with Crippen LogP contribution in [0.2, 0.25) is 0 Å². The minimum Gasteiger partial charge on any atom is -0.493 e. The molecule has 1 fully saturated rings. The zero-order chi connectivity index (χ0) is 22.1. The summed E-state index contributed by atoms with van der Waals surface area (Å²) in [7, 11) is 4.65. The highest BCUT2D eigenvalue weighted by Crippen LogP contribution is 2.42. The van der Waals surface area contributed by atoms with Gasteiger partial charge in [-0.05, 0) is 6.07 Å². The molecule has 166 valence electrons. The molecule has 0 aliphatic carbocycles. The lowest BCUT2D eigenvalue weighted by atomic mass is 9.94. The number of amides is 4. The first-order valence-electron chi connectivity index (χ1n) is 10.1. The molecule has 4 rings (SSSR count). The van der Waals surface area contributed by atoms with E-state index in [2.05, 4.69) is 5.32 Å². The van der Waals surface area contributed by atoms with E-state index in [4.69, 9.17) is 14.2 Å². The van der Waals surface area contributed by atoms with E-state index < -0.39 is 6.04 Å². The molecule has 3 heterocycles. The molecule has 4 amide bonds. The highest BCUT2D eigenvalue weighted by atomic mass is 16.5. The van der Waals surface area contributed by atoms with Crippen LogP contribution in [0.1, 0.15) is 11.6 Å². The largest absolute Gasteiger partial charge is 0.493 e. The molecule has 0 aromatic heterocycles. The fourth-order valence-electron chi connectivity index (χ4n) is 4.20. The molecule has 10 heteroatoms. The molecule has 0 unspecified atom stereocenters. The van der Waals surface area contributed by atoms with E-state index in [-0.39, 0.29) is 30.9 Å². The van der Waals surface area contributed by atoms with Crippen LogP contribution in [0.25, 0.3) is 0 Å². The third kappa shape index (κ3) is 3.67. The van der Waals surface area contributed by atoms with E-state index >= 15 is 0 Å². The van der Waals surface area contributed by atoms with Gasteiger partial charge in [-0.15, -0.1) is 0 Å². The van der Waals surface area contributed by atoms with Gasteiger partial charge >= 0.3 is 6.03 Å². The lowest BCUT2D eigenvalue weighted by molar-refractivity contribution is -0.140. The number of para-hydroxylation sites is 1. The number of carbonyl (C=O) groups excluding carboxylic acids is 3. The number of nitrogens with one attached hydrogen (secondary N) is 1. The molecule has 1 N–H and O–H groups in total. The summed E-state index contributed by atoms with van der Waals surface area (Å²) in [6.45, 7) is 2.16. The van der Waals surface area contributed by atoms with E-state index in [1.165, 1.54) is 24.0 Å². The van der Waals surface area contributed by atoms with Crippen LogP contribution in [0, 0.1) is 0 Å². The summed E-state index contributed by atoms with van der Waals surface area (Å²) in [6, 6.07) is 4.28. The molecule has 1 atom stereocenters. The van der Waals surface area contributed by atoms with Crippen molar-refractivity contribution in [1.29, 1.82) is 0 Å². The van der Waals surface area contributed by atoms with Crippen molar-refractivity contribution in [1.82, 2.24) is 20.0 Å². The van der Waals surface area contributed by atoms with Crippen LogP contribution in [-0.4, -0.2) is 93.2 Å². The highest BCUT2D eigenvalue weighted by Gasteiger charge is 2.44. The predicted octanol–water partition coefficient (Wildman–Crippen LogP) is 0.355. The van der Waals surface area contributed by atoms with Gasteiger partial charge in [0.2, 0.25) is 5.91 Å². The second kappa shape index (κ2) is 8.46. The number of nitrogens with zero attached hydrogens (tertiary/aromatic N) is 3. The van der Waals surface area contributed by atoms with E-state index in [0.29, 0.717) is 54.6 Å². The topological polar surface area (TPSA) is 101 Å². The van der Waals surface area contributed by atoms with Crippen LogP contribution in [0.5, 0.6) is 11.5 Å². The van der Waals surface area contributed by atoms with Gasteiger partial charge in [-0.1, -0.05) is 12.1 Å². The normalized spacial score (nSPS) is 21.3. The predicted molar refractivity (Wildman–Crippen MR) is 110 cm³/mol. The molecular weight excluding hydrogens is 404 g/mol. The van der Waals surface area contributed by atoms with Gasteiger partial charge in [0.1, 0.15) is 6.54 Å². The third-order valence-corrected chi connectivity index (χ3v) is 5.87. The zero-order valence-electron chi connectivity index (χ0n) is 17.8. The van der Waals surface area contributed by atoms with Crippen molar-refractivity contribution in [2.75, 3.05) is 60.7 Å². The van der Waals surface area contributed by atoms with Gasteiger partial charge in [-0.3, -0.25) is 14.5 Å². The molecule has 3 aliphatic heterocycles. The first-order valence-corrected chi connectivity index (χ1v) is 10.1. The Labute approximate surface area is 180 Å². The van der Waals surface area contributed by atoms with E-state index in [1.807, 2.05) is 0 Å². The Balaban J connectivity index is 1.64. The van der Waals surface area contributed by atoms with Gasteiger partial charge in [-0.25, -0.2) is 4.79 Å². The van der Waals surface area contributed by atoms with Crippen LogP contribution in [0.15, 0.2) is 29.5 Å². The number of hydrogen-bond acceptors (Lipinski definition) is 6. The Bertz CT molecular complexity index is 940. The van der Waals surface area contributed by atoms with Gasteiger partial charge in [0, 0.05) is 25.7 Å². The van der Waals surface area contributed by atoms with Gasteiger partial charge in [0.25, 0.3) is 5.91 Å². The Morgan fingerprint density at radius 1 is 1.19 bits per heavy atom. The van der Waals surface area contributed by atoms with Crippen molar-refractivity contribution in [3.63, 3.8) is 0 Å². The van der Waals surface area contributed by atoms with Crippen LogP contribution >= 0.6 is 0 Å². The molecule has 1 aromatic carbocycles. The maximum Gasteiger partial charge on any atom is 0.322 e. The van der Waals surface area contributed by atoms with Crippen molar-refractivity contribution in [3.8, 4) is 11.5 Å². The monoisotopic (exact) mass is 430 g/mol. The summed E-state index contributed by atoms with van der Waals surface area (Å²) in [6.07, 6.45) is 0. The first-order chi connectivity index (χ1) is 15.0. The average Bonchev–Trinajstić information content (AvgIpc) is 3.12. The SMILES string of the molecule is COc1cccc([C@H]2NC(=O)N(C)C3=C2C(=O)N(CC(=O)N2CCOCC2)C3)c1OC. The Hall–Kier alpha value is -3.27. The molecule has 1 aromatic rings. The number of methoxy groups -OCH3 is 2.